The molecule has 14 heavy (non-hydrogen) atoms. The van der Waals surface area contributed by atoms with Gasteiger partial charge >= 0.3 is 6.18 Å². The first kappa shape index (κ1) is 9.23. The minimum atomic E-state index is -4.53. The second kappa shape index (κ2) is 2.83. The second-order valence-corrected chi connectivity index (χ2v) is 3.15. The Morgan fingerprint density at radius 3 is 2.79 bits per heavy atom. The van der Waals surface area contributed by atoms with E-state index in [1.807, 2.05) is 0 Å². The van der Waals surface area contributed by atoms with Crippen molar-refractivity contribution in [2.75, 3.05) is 0 Å². The molecule has 0 unspecified atom stereocenters. The van der Waals surface area contributed by atoms with E-state index in [1.165, 1.54) is 4.57 Å². The molecule has 2 rings (SSSR count). The average molecular weight is 204 g/mol. The van der Waals surface area contributed by atoms with E-state index >= 15 is 0 Å². The normalized spacial score (nSPS) is 15.6. The number of rotatable bonds is 0. The number of fused-ring (bicyclic) bond motifs is 1. The van der Waals surface area contributed by atoms with Crippen molar-refractivity contribution < 1.29 is 13.2 Å². The molecule has 0 saturated carbocycles. The van der Waals surface area contributed by atoms with Crippen molar-refractivity contribution in [3.05, 3.63) is 27.9 Å². The Kier molecular flexibility index (Phi) is 1.87. The molecule has 1 aromatic heterocycles. The Morgan fingerprint density at radius 1 is 1.43 bits per heavy atom. The van der Waals surface area contributed by atoms with Crippen molar-refractivity contribution >= 4 is 0 Å². The van der Waals surface area contributed by atoms with Gasteiger partial charge in [0.1, 0.15) is 5.82 Å². The molecule has 76 valence electrons. The van der Waals surface area contributed by atoms with Crippen molar-refractivity contribution in [2.45, 2.75) is 25.6 Å². The first-order chi connectivity index (χ1) is 6.48. The van der Waals surface area contributed by atoms with E-state index < -0.39 is 17.4 Å². The second-order valence-electron chi connectivity index (χ2n) is 3.15. The van der Waals surface area contributed by atoms with Gasteiger partial charge in [-0.3, -0.25) is 9.36 Å². The lowest BCUT2D eigenvalue weighted by Gasteiger charge is -2.07. The van der Waals surface area contributed by atoms with Crippen LogP contribution in [-0.4, -0.2) is 9.55 Å². The van der Waals surface area contributed by atoms with Crippen molar-refractivity contribution in [3.8, 4) is 0 Å². The minimum absolute atomic E-state index is 0.241. The Labute approximate surface area is 77.2 Å². The van der Waals surface area contributed by atoms with Gasteiger partial charge < -0.3 is 0 Å². The summed E-state index contributed by atoms with van der Waals surface area (Å²) >= 11 is 0. The number of nitrogens with zero attached hydrogens (tertiary/aromatic N) is 2. The summed E-state index contributed by atoms with van der Waals surface area (Å²) in [6.07, 6.45) is -3.40. The van der Waals surface area contributed by atoms with Gasteiger partial charge in [0.2, 0.25) is 0 Å². The molecule has 0 saturated heterocycles. The summed E-state index contributed by atoms with van der Waals surface area (Å²) in [5.41, 5.74) is -1.70. The Balaban J connectivity index is 2.58. The van der Waals surface area contributed by atoms with E-state index in [9.17, 15) is 18.0 Å². The molecule has 0 aromatic carbocycles. The summed E-state index contributed by atoms with van der Waals surface area (Å²) in [4.78, 5) is 14.6. The molecule has 0 atom stereocenters. The highest BCUT2D eigenvalue weighted by Gasteiger charge is 2.34. The molecule has 0 spiro atoms. The molecule has 0 aliphatic carbocycles. The molecule has 1 aliphatic rings. The molecule has 0 fully saturated rings. The first-order valence-electron chi connectivity index (χ1n) is 4.16. The molecule has 1 aliphatic heterocycles. The highest BCUT2D eigenvalue weighted by atomic mass is 19.4. The van der Waals surface area contributed by atoms with Crippen molar-refractivity contribution in [1.82, 2.24) is 9.55 Å². The summed E-state index contributed by atoms with van der Waals surface area (Å²) in [6, 6.07) is 0.550. The summed E-state index contributed by atoms with van der Waals surface area (Å²) < 4.78 is 38.0. The predicted molar refractivity (Wildman–Crippen MR) is 41.8 cm³/mol. The molecule has 0 radical (unpaired) electrons. The van der Waals surface area contributed by atoms with Gasteiger partial charge in [-0.2, -0.15) is 13.2 Å². The highest BCUT2D eigenvalue weighted by Crippen LogP contribution is 2.27. The molecule has 6 heteroatoms. The summed E-state index contributed by atoms with van der Waals surface area (Å²) in [6.45, 7) is 0.472. The Bertz CT molecular complexity index is 422. The molecule has 1 aromatic rings. The number of halogens is 3. The molecule has 0 N–H and O–H groups in total. The summed E-state index contributed by atoms with van der Waals surface area (Å²) in [5, 5.41) is 0. The van der Waals surface area contributed by atoms with Gasteiger partial charge in [0, 0.05) is 19.0 Å². The van der Waals surface area contributed by atoms with Crippen LogP contribution in [0.3, 0.4) is 0 Å². The van der Waals surface area contributed by atoms with Crippen LogP contribution in [0.1, 0.15) is 17.9 Å². The van der Waals surface area contributed by atoms with Crippen LogP contribution in [0.25, 0.3) is 0 Å². The third kappa shape index (κ3) is 1.40. The van der Waals surface area contributed by atoms with Gasteiger partial charge in [0.05, 0.1) is 0 Å². The third-order valence-electron chi connectivity index (χ3n) is 2.16. The SMILES string of the molecule is O=c1cc(C(F)(F)F)nc2n1CCC2. The predicted octanol–water partition coefficient (Wildman–Crippen LogP) is 1.21. The van der Waals surface area contributed by atoms with E-state index in [4.69, 9.17) is 0 Å². The van der Waals surface area contributed by atoms with Gasteiger partial charge in [-0.15, -0.1) is 0 Å². The molecule has 0 amide bonds. The fourth-order valence-corrected chi connectivity index (χ4v) is 1.52. The summed E-state index contributed by atoms with van der Waals surface area (Å²) in [5.74, 6) is 0.241. The molecular weight excluding hydrogens is 197 g/mol. The quantitative estimate of drug-likeness (QED) is 0.636. The lowest BCUT2D eigenvalue weighted by atomic mass is 10.3. The van der Waals surface area contributed by atoms with Gasteiger partial charge in [-0.1, -0.05) is 0 Å². The Hall–Kier alpha value is -1.33. The maximum Gasteiger partial charge on any atom is 0.433 e. The largest absolute Gasteiger partial charge is 0.433 e. The van der Waals surface area contributed by atoms with Crippen molar-refractivity contribution in [2.24, 2.45) is 0 Å². The van der Waals surface area contributed by atoms with Crippen LogP contribution in [0.15, 0.2) is 10.9 Å². The monoisotopic (exact) mass is 204 g/mol. The van der Waals surface area contributed by atoms with Crippen LogP contribution in [0.4, 0.5) is 13.2 Å². The summed E-state index contributed by atoms with van der Waals surface area (Å²) in [7, 11) is 0. The van der Waals surface area contributed by atoms with E-state index in [0.29, 0.717) is 25.5 Å². The number of aromatic nitrogens is 2. The topological polar surface area (TPSA) is 34.9 Å². The van der Waals surface area contributed by atoms with Gasteiger partial charge in [0.25, 0.3) is 5.56 Å². The molecular formula is C8H7F3N2O. The van der Waals surface area contributed by atoms with E-state index in [0.717, 1.165) is 0 Å². The van der Waals surface area contributed by atoms with Crippen molar-refractivity contribution in [3.63, 3.8) is 0 Å². The van der Waals surface area contributed by atoms with Crippen LogP contribution >= 0.6 is 0 Å². The van der Waals surface area contributed by atoms with Gasteiger partial charge in [0.15, 0.2) is 5.69 Å². The first-order valence-corrected chi connectivity index (χ1v) is 4.16. The fraction of sp³-hybridized carbons (Fsp3) is 0.500. The molecule has 3 nitrogen and oxygen atoms in total. The standard InChI is InChI=1S/C8H7F3N2O/c9-8(10,11)5-4-7(14)13-3-1-2-6(13)12-5/h4H,1-3H2. The highest BCUT2D eigenvalue weighted by molar-refractivity contribution is 5.10. The lowest BCUT2D eigenvalue weighted by Crippen LogP contribution is -2.24. The minimum Gasteiger partial charge on any atom is -0.297 e. The van der Waals surface area contributed by atoms with Crippen LogP contribution < -0.4 is 5.56 Å². The van der Waals surface area contributed by atoms with Crippen LogP contribution in [-0.2, 0) is 19.1 Å². The van der Waals surface area contributed by atoms with E-state index in [-0.39, 0.29) is 5.82 Å². The lowest BCUT2D eigenvalue weighted by molar-refractivity contribution is -0.141. The van der Waals surface area contributed by atoms with E-state index in [1.54, 1.807) is 0 Å². The zero-order valence-corrected chi connectivity index (χ0v) is 7.14. The molecule has 0 bridgehead atoms. The number of hydrogen-bond donors (Lipinski definition) is 0. The number of alkyl halides is 3. The van der Waals surface area contributed by atoms with Crippen LogP contribution in [0.2, 0.25) is 0 Å². The maximum atomic E-state index is 12.2. The van der Waals surface area contributed by atoms with Gasteiger partial charge in [-0.05, 0) is 6.42 Å². The van der Waals surface area contributed by atoms with Crippen LogP contribution in [0, 0.1) is 0 Å². The van der Waals surface area contributed by atoms with E-state index in [2.05, 4.69) is 4.98 Å². The number of aryl methyl sites for hydroxylation is 1. The fourth-order valence-electron chi connectivity index (χ4n) is 1.52. The number of hydrogen-bond acceptors (Lipinski definition) is 2. The maximum absolute atomic E-state index is 12.2. The third-order valence-corrected chi connectivity index (χ3v) is 2.16. The smallest absolute Gasteiger partial charge is 0.297 e. The van der Waals surface area contributed by atoms with Gasteiger partial charge in [-0.25, -0.2) is 4.98 Å². The van der Waals surface area contributed by atoms with Crippen molar-refractivity contribution in [1.29, 1.82) is 0 Å². The molecule has 2 heterocycles. The van der Waals surface area contributed by atoms with Crippen LogP contribution in [0.5, 0.6) is 0 Å². The zero-order chi connectivity index (χ0) is 10.3. The zero-order valence-electron chi connectivity index (χ0n) is 7.14. The Morgan fingerprint density at radius 2 is 2.14 bits per heavy atom. The average Bonchev–Trinajstić information content (AvgIpc) is 2.50.